The maximum Gasteiger partial charge on any atom is 0.166 e. The fraction of sp³-hybridized carbons (Fsp3) is 0.478. The zero-order valence-corrected chi connectivity index (χ0v) is 17.2. The van der Waals surface area contributed by atoms with Gasteiger partial charge in [0.05, 0.1) is 19.8 Å². The largest absolute Gasteiger partial charge is 0.490 e. The highest BCUT2D eigenvalue weighted by molar-refractivity contribution is 5.46. The summed E-state index contributed by atoms with van der Waals surface area (Å²) in [4.78, 5) is 2.43. The van der Waals surface area contributed by atoms with Crippen LogP contribution in [0.25, 0.3) is 0 Å². The third-order valence-electron chi connectivity index (χ3n) is 4.94. The Hall–Kier alpha value is -2.15. The molecule has 0 aromatic heterocycles. The van der Waals surface area contributed by atoms with E-state index in [1.807, 2.05) is 31.2 Å². The zero-order valence-electron chi connectivity index (χ0n) is 17.2. The summed E-state index contributed by atoms with van der Waals surface area (Å²) in [7, 11) is 0. The lowest BCUT2D eigenvalue weighted by Crippen LogP contribution is -2.37. The van der Waals surface area contributed by atoms with Gasteiger partial charge in [-0.3, -0.25) is 4.90 Å². The molecule has 0 aliphatic carbocycles. The van der Waals surface area contributed by atoms with Crippen LogP contribution < -0.4 is 14.8 Å². The molecular formula is C23H31FN2O3. The van der Waals surface area contributed by atoms with Gasteiger partial charge in [0.2, 0.25) is 0 Å². The highest BCUT2D eigenvalue weighted by Gasteiger charge is 2.13. The molecule has 158 valence electrons. The summed E-state index contributed by atoms with van der Waals surface area (Å²) < 4.78 is 31.1. The van der Waals surface area contributed by atoms with Crippen LogP contribution in [0.5, 0.6) is 11.5 Å². The van der Waals surface area contributed by atoms with Crippen LogP contribution in [0.2, 0.25) is 0 Å². The fourth-order valence-corrected chi connectivity index (χ4v) is 3.37. The highest BCUT2D eigenvalue weighted by atomic mass is 19.1. The van der Waals surface area contributed by atoms with Crippen molar-refractivity contribution in [1.29, 1.82) is 0 Å². The van der Waals surface area contributed by atoms with Gasteiger partial charge in [0.1, 0.15) is 12.4 Å². The van der Waals surface area contributed by atoms with Crippen molar-refractivity contribution in [3.05, 3.63) is 59.4 Å². The van der Waals surface area contributed by atoms with E-state index in [2.05, 4.69) is 10.2 Å². The van der Waals surface area contributed by atoms with Crippen LogP contribution in [0.4, 0.5) is 4.39 Å². The van der Waals surface area contributed by atoms with Gasteiger partial charge in [-0.1, -0.05) is 30.3 Å². The fourth-order valence-electron chi connectivity index (χ4n) is 3.37. The molecule has 1 saturated heterocycles. The van der Waals surface area contributed by atoms with Gasteiger partial charge < -0.3 is 19.5 Å². The van der Waals surface area contributed by atoms with Crippen molar-refractivity contribution in [3.63, 3.8) is 0 Å². The second-order valence-corrected chi connectivity index (χ2v) is 7.04. The van der Waals surface area contributed by atoms with Crippen molar-refractivity contribution < 1.29 is 18.6 Å². The Morgan fingerprint density at radius 2 is 1.83 bits per heavy atom. The second-order valence-electron chi connectivity index (χ2n) is 7.04. The van der Waals surface area contributed by atoms with E-state index in [0.717, 1.165) is 51.4 Å². The summed E-state index contributed by atoms with van der Waals surface area (Å²) in [5.41, 5.74) is 1.54. The minimum atomic E-state index is -0.260. The van der Waals surface area contributed by atoms with Crippen molar-refractivity contribution in [2.45, 2.75) is 26.5 Å². The number of nitrogens with zero attached hydrogens (tertiary/aromatic N) is 1. The van der Waals surface area contributed by atoms with Crippen LogP contribution in [0.15, 0.2) is 42.5 Å². The van der Waals surface area contributed by atoms with Gasteiger partial charge >= 0.3 is 0 Å². The average molecular weight is 403 g/mol. The molecule has 1 heterocycles. The van der Waals surface area contributed by atoms with E-state index in [4.69, 9.17) is 14.2 Å². The molecule has 1 N–H and O–H groups in total. The first kappa shape index (κ1) is 21.6. The Kier molecular flexibility index (Phi) is 8.74. The van der Waals surface area contributed by atoms with E-state index in [9.17, 15) is 4.39 Å². The number of benzene rings is 2. The maximum atomic E-state index is 13.9. The number of rotatable bonds is 11. The monoisotopic (exact) mass is 402 g/mol. The third-order valence-corrected chi connectivity index (χ3v) is 4.94. The Labute approximate surface area is 172 Å². The zero-order chi connectivity index (χ0) is 20.3. The lowest BCUT2D eigenvalue weighted by atomic mass is 10.1. The highest BCUT2D eigenvalue weighted by Crippen LogP contribution is 2.32. The summed E-state index contributed by atoms with van der Waals surface area (Å²) in [6.07, 6.45) is 1.08. The van der Waals surface area contributed by atoms with Crippen molar-refractivity contribution in [3.8, 4) is 11.5 Å². The summed E-state index contributed by atoms with van der Waals surface area (Å²) in [6, 6.07) is 12.6. The standard InChI is InChI=1S/C23H31FN2O3/c1-2-28-22-10-5-8-19(17-25-11-6-12-26-13-15-27-16-14-26)23(22)29-18-20-7-3-4-9-21(20)24/h3-5,7-10,25H,2,6,11-18H2,1H3. The lowest BCUT2D eigenvalue weighted by molar-refractivity contribution is 0.0374. The van der Waals surface area contributed by atoms with Gasteiger partial charge in [0.25, 0.3) is 0 Å². The molecule has 5 nitrogen and oxygen atoms in total. The molecule has 0 unspecified atom stereocenters. The number of halogens is 1. The molecule has 2 aromatic carbocycles. The Morgan fingerprint density at radius 3 is 2.62 bits per heavy atom. The van der Waals surface area contributed by atoms with Crippen LogP contribution in [-0.2, 0) is 17.9 Å². The Bertz CT molecular complexity index is 751. The molecule has 0 spiro atoms. The molecule has 29 heavy (non-hydrogen) atoms. The molecule has 1 aliphatic rings. The summed E-state index contributed by atoms with van der Waals surface area (Å²) in [5.74, 6) is 1.11. The van der Waals surface area contributed by atoms with Crippen molar-refractivity contribution >= 4 is 0 Å². The molecule has 0 bridgehead atoms. The smallest absolute Gasteiger partial charge is 0.166 e. The second kappa shape index (κ2) is 11.8. The summed E-state index contributed by atoms with van der Waals surface area (Å²) in [6.45, 7) is 9.03. The summed E-state index contributed by atoms with van der Waals surface area (Å²) >= 11 is 0. The molecule has 3 rings (SSSR count). The van der Waals surface area contributed by atoms with Crippen LogP contribution in [0.1, 0.15) is 24.5 Å². The topological polar surface area (TPSA) is 43.0 Å². The van der Waals surface area contributed by atoms with E-state index in [1.165, 1.54) is 6.07 Å². The first-order valence-corrected chi connectivity index (χ1v) is 10.4. The molecule has 1 fully saturated rings. The Morgan fingerprint density at radius 1 is 1.03 bits per heavy atom. The number of para-hydroxylation sites is 1. The van der Waals surface area contributed by atoms with Crippen molar-refractivity contribution in [2.75, 3.05) is 46.0 Å². The number of nitrogens with one attached hydrogen (secondary N) is 1. The van der Waals surface area contributed by atoms with E-state index in [0.29, 0.717) is 30.2 Å². The van der Waals surface area contributed by atoms with Gasteiger partial charge in [-0.05, 0) is 38.6 Å². The number of hydrogen-bond donors (Lipinski definition) is 1. The van der Waals surface area contributed by atoms with E-state index in [1.54, 1.807) is 12.1 Å². The van der Waals surface area contributed by atoms with Crippen LogP contribution >= 0.6 is 0 Å². The quantitative estimate of drug-likeness (QED) is 0.582. The van der Waals surface area contributed by atoms with Gasteiger partial charge in [-0.15, -0.1) is 0 Å². The maximum absolute atomic E-state index is 13.9. The van der Waals surface area contributed by atoms with Gasteiger partial charge in [0, 0.05) is 30.8 Å². The average Bonchev–Trinajstić information content (AvgIpc) is 2.75. The van der Waals surface area contributed by atoms with Gasteiger partial charge in [-0.25, -0.2) is 4.39 Å². The molecule has 0 radical (unpaired) electrons. The van der Waals surface area contributed by atoms with Crippen LogP contribution in [-0.4, -0.2) is 50.9 Å². The first-order chi connectivity index (χ1) is 14.3. The first-order valence-electron chi connectivity index (χ1n) is 10.4. The van der Waals surface area contributed by atoms with Crippen molar-refractivity contribution in [1.82, 2.24) is 10.2 Å². The number of hydrogen-bond acceptors (Lipinski definition) is 5. The van der Waals surface area contributed by atoms with E-state index < -0.39 is 0 Å². The van der Waals surface area contributed by atoms with E-state index >= 15 is 0 Å². The van der Waals surface area contributed by atoms with Crippen LogP contribution in [0.3, 0.4) is 0 Å². The number of morpholine rings is 1. The predicted octanol–water partition coefficient (Wildman–Crippen LogP) is 3.62. The lowest BCUT2D eigenvalue weighted by Gasteiger charge is -2.26. The van der Waals surface area contributed by atoms with Crippen molar-refractivity contribution in [2.24, 2.45) is 0 Å². The van der Waals surface area contributed by atoms with E-state index in [-0.39, 0.29) is 12.4 Å². The molecule has 2 aromatic rings. The minimum Gasteiger partial charge on any atom is -0.490 e. The minimum absolute atomic E-state index is 0.167. The SMILES string of the molecule is CCOc1cccc(CNCCCN2CCOCC2)c1OCc1ccccc1F. The van der Waals surface area contributed by atoms with Crippen LogP contribution in [0, 0.1) is 5.82 Å². The molecule has 0 saturated carbocycles. The summed E-state index contributed by atoms with van der Waals surface area (Å²) in [5, 5.41) is 3.49. The Balaban J connectivity index is 1.55. The molecule has 1 aliphatic heterocycles. The number of ether oxygens (including phenoxy) is 3. The molecule has 6 heteroatoms. The third kappa shape index (κ3) is 6.70. The molecule has 0 amide bonds. The van der Waals surface area contributed by atoms with Gasteiger partial charge in [0.15, 0.2) is 11.5 Å². The normalized spacial score (nSPS) is 14.7. The predicted molar refractivity (Wildman–Crippen MR) is 112 cm³/mol. The van der Waals surface area contributed by atoms with Gasteiger partial charge in [-0.2, -0.15) is 0 Å². The molecule has 0 atom stereocenters. The molecular weight excluding hydrogens is 371 g/mol.